The van der Waals surface area contributed by atoms with Gasteiger partial charge in [0.05, 0.1) is 11.9 Å². The maximum atomic E-state index is 13.0. The van der Waals surface area contributed by atoms with Gasteiger partial charge in [-0.15, -0.1) is 11.8 Å². The standard InChI is InChI=1S/C21H28N2O2S/c1-21(2)11-10-17(15-8-3-4-9-16(15)21)22-19(24)18-12-26-13-23(18)20(25)14-6-5-7-14/h3-4,8-9,14,17-18H,5-7,10-13H2,1-2H3,(H,22,24)/t17-,18+/m1/s1. The molecule has 2 atom stereocenters. The van der Waals surface area contributed by atoms with Crippen molar-refractivity contribution in [1.29, 1.82) is 0 Å². The highest BCUT2D eigenvalue weighted by atomic mass is 32.2. The van der Waals surface area contributed by atoms with Gasteiger partial charge in [0.25, 0.3) is 0 Å². The summed E-state index contributed by atoms with van der Waals surface area (Å²) < 4.78 is 0. The highest BCUT2D eigenvalue weighted by Crippen LogP contribution is 2.41. The maximum Gasteiger partial charge on any atom is 0.244 e. The number of amides is 2. The molecule has 0 radical (unpaired) electrons. The summed E-state index contributed by atoms with van der Waals surface area (Å²) >= 11 is 1.69. The van der Waals surface area contributed by atoms with E-state index in [2.05, 4.69) is 43.4 Å². The smallest absolute Gasteiger partial charge is 0.244 e. The molecular formula is C21H28N2O2S. The Hall–Kier alpha value is -1.49. The van der Waals surface area contributed by atoms with Gasteiger partial charge in [-0.1, -0.05) is 44.5 Å². The van der Waals surface area contributed by atoms with Crippen LogP contribution >= 0.6 is 11.8 Å². The van der Waals surface area contributed by atoms with E-state index >= 15 is 0 Å². The first kappa shape index (κ1) is 17.9. The minimum absolute atomic E-state index is 0.0159. The van der Waals surface area contributed by atoms with E-state index in [4.69, 9.17) is 0 Å². The van der Waals surface area contributed by atoms with Crippen molar-refractivity contribution in [2.24, 2.45) is 5.92 Å². The number of carbonyl (C=O) groups excluding carboxylic acids is 2. The van der Waals surface area contributed by atoms with Gasteiger partial charge in [0.1, 0.15) is 6.04 Å². The van der Waals surface area contributed by atoms with Gasteiger partial charge in [0, 0.05) is 11.7 Å². The van der Waals surface area contributed by atoms with Gasteiger partial charge in [-0.05, 0) is 42.2 Å². The molecule has 4 rings (SSSR count). The van der Waals surface area contributed by atoms with Crippen LogP contribution in [0.3, 0.4) is 0 Å². The van der Waals surface area contributed by atoms with E-state index in [-0.39, 0.29) is 35.2 Å². The average molecular weight is 373 g/mol. The highest BCUT2D eigenvalue weighted by Gasteiger charge is 2.40. The zero-order valence-electron chi connectivity index (χ0n) is 15.7. The molecule has 26 heavy (non-hydrogen) atoms. The van der Waals surface area contributed by atoms with Gasteiger partial charge in [0.2, 0.25) is 11.8 Å². The van der Waals surface area contributed by atoms with E-state index in [1.807, 2.05) is 4.90 Å². The number of fused-ring (bicyclic) bond motifs is 1. The second-order valence-corrected chi connectivity index (χ2v) is 9.52. The minimum Gasteiger partial charge on any atom is -0.347 e. The molecule has 1 aliphatic heterocycles. The van der Waals surface area contributed by atoms with Crippen LogP contribution in [0.15, 0.2) is 24.3 Å². The molecule has 0 spiro atoms. The molecule has 1 aromatic carbocycles. The minimum atomic E-state index is -0.310. The van der Waals surface area contributed by atoms with Crippen LogP contribution in [0.2, 0.25) is 0 Å². The van der Waals surface area contributed by atoms with Gasteiger partial charge in [-0.2, -0.15) is 0 Å². The second-order valence-electron chi connectivity index (χ2n) is 8.52. The first-order valence-electron chi connectivity index (χ1n) is 9.75. The van der Waals surface area contributed by atoms with E-state index in [1.165, 1.54) is 11.1 Å². The molecule has 1 saturated heterocycles. The van der Waals surface area contributed by atoms with Crippen molar-refractivity contribution in [3.8, 4) is 0 Å². The number of nitrogens with zero attached hydrogens (tertiary/aromatic N) is 1. The molecule has 0 aromatic heterocycles. The second kappa shape index (κ2) is 6.91. The van der Waals surface area contributed by atoms with Crippen LogP contribution in [0.4, 0.5) is 0 Å². The van der Waals surface area contributed by atoms with E-state index < -0.39 is 0 Å². The summed E-state index contributed by atoms with van der Waals surface area (Å²) in [6.07, 6.45) is 5.12. The lowest BCUT2D eigenvalue weighted by molar-refractivity contribution is -0.143. The SMILES string of the molecule is CC1(C)CC[C@@H](NC(=O)[C@@H]2CSCN2C(=O)C2CCC2)c2ccccc21. The summed E-state index contributed by atoms with van der Waals surface area (Å²) in [5, 5.41) is 3.27. The molecule has 1 aromatic rings. The lowest BCUT2D eigenvalue weighted by atomic mass is 9.71. The molecule has 0 unspecified atom stereocenters. The zero-order chi connectivity index (χ0) is 18.3. The molecule has 3 aliphatic rings. The van der Waals surface area contributed by atoms with Crippen molar-refractivity contribution in [2.45, 2.75) is 63.5 Å². The zero-order valence-corrected chi connectivity index (χ0v) is 16.5. The summed E-state index contributed by atoms with van der Waals surface area (Å²) in [7, 11) is 0. The number of nitrogens with one attached hydrogen (secondary N) is 1. The molecule has 2 amide bonds. The van der Waals surface area contributed by atoms with Crippen LogP contribution in [-0.4, -0.2) is 34.4 Å². The van der Waals surface area contributed by atoms with Crippen LogP contribution in [0.5, 0.6) is 0 Å². The number of rotatable bonds is 3. The Kier molecular flexibility index (Phi) is 4.76. The van der Waals surface area contributed by atoms with Gasteiger partial charge in [-0.25, -0.2) is 0 Å². The Morgan fingerprint density at radius 3 is 2.69 bits per heavy atom. The summed E-state index contributed by atoms with van der Waals surface area (Å²) in [4.78, 5) is 27.5. The largest absolute Gasteiger partial charge is 0.347 e. The van der Waals surface area contributed by atoms with Crippen LogP contribution < -0.4 is 5.32 Å². The number of thioether (sulfide) groups is 1. The number of hydrogen-bond donors (Lipinski definition) is 1. The molecule has 1 saturated carbocycles. The number of benzene rings is 1. The van der Waals surface area contributed by atoms with Crippen LogP contribution in [0.25, 0.3) is 0 Å². The maximum absolute atomic E-state index is 13.0. The molecule has 0 bridgehead atoms. The van der Waals surface area contributed by atoms with Gasteiger partial charge < -0.3 is 10.2 Å². The topological polar surface area (TPSA) is 49.4 Å². The van der Waals surface area contributed by atoms with Crippen LogP contribution in [-0.2, 0) is 15.0 Å². The third kappa shape index (κ3) is 3.15. The van der Waals surface area contributed by atoms with Gasteiger partial charge >= 0.3 is 0 Å². The average Bonchev–Trinajstić information content (AvgIpc) is 3.06. The van der Waals surface area contributed by atoms with E-state index in [9.17, 15) is 9.59 Å². The van der Waals surface area contributed by atoms with Crippen LogP contribution in [0, 0.1) is 5.92 Å². The molecule has 1 N–H and O–H groups in total. The quantitative estimate of drug-likeness (QED) is 0.882. The van der Waals surface area contributed by atoms with E-state index in [1.54, 1.807) is 11.8 Å². The third-order valence-electron chi connectivity index (χ3n) is 6.36. The molecule has 5 heteroatoms. The van der Waals surface area contributed by atoms with Crippen molar-refractivity contribution in [1.82, 2.24) is 10.2 Å². The number of hydrogen-bond acceptors (Lipinski definition) is 3. The molecule has 2 fully saturated rings. The first-order chi connectivity index (χ1) is 12.5. The first-order valence-corrected chi connectivity index (χ1v) is 10.9. The fourth-order valence-corrected chi connectivity index (χ4v) is 5.56. The van der Waals surface area contributed by atoms with Crippen molar-refractivity contribution >= 4 is 23.6 Å². The van der Waals surface area contributed by atoms with Gasteiger partial charge in [-0.3, -0.25) is 9.59 Å². The highest BCUT2D eigenvalue weighted by molar-refractivity contribution is 7.99. The molecule has 140 valence electrons. The van der Waals surface area contributed by atoms with E-state index in [0.717, 1.165) is 32.1 Å². The lowest BCUT2D eigenvalue weighted by Crippen LogP contribution is -2.51. The summed E-state index contributed by atoms with van der Waals surface area (Å²) in [5.41, 5.74) is 2.71. The Morgan fingerprint density at radius 2 is 1.96 bits per heavy atom. The normalized spacial score (nSPS) is 27.5. The summed E-state index contributed by atoms with van der Waals surface area (Å²) in [6, 6.07) is 8.20. The Balaban J connectivity index is 1.48. The van der Waals surface area contributed by atoms with Crippen molar-refractivity contribution in [2.75, 3.05) is 11.6 Å². The molecule has 4 nitrogen and oxygen atoms in total. The molecule has 1 heterocycles. The van der Waals surface area contributed by atoms with E-state index in [0.29, 0.717) is 11.6 Å². The molecule has 2 aliphatic carbocycles. The predicted molar refractivity (Wildman–Crippen MR) is 105 cm³/mol. The van der Waals surface area contributed by atoms with Crippen molar-refractivity contribution < 1.29 is 9.59 Å². The fraction of sp³-hybridized carbons (Fsp3) is 0.619. The van der Waals surface area contributed by atoms with Crippen molar-refractivity contribution in [3.05, 3.63) is 35.4 Å². The lowest BCUT2D eigenvalue weighted by Gasteiger charge is -2.38. The fourth-order valence-electron chi connectivity index (χ4n) is 4.40. The Bertz CT molecular complexity index is 714. The Morgan fingerprint density at radius 1 is 1.19 bits per heavy atom. The summed E-state index contributed by atoms with van der Waals surface area (Å²) in [6.45, 7) is 4.55. The van der Waals surface area contributed by atoms with Gasteiger partial charge in [0.15, 0.2) is 0 Å². The predicted octanol–water partition coefficient (Wildman–Crippen LogP) is 3.62. The molecular weight excluding hydrogens is 344 g/mol. The third-order valence-corrected chi connectivity index (χ3v) is 7.37. The van der Waals surface area contributed by atoms with Crippen molar-refractivity contribution in [3.63, 3.8) is 0 Å². The Labute approximate surface area is 160 Å². The number of carbonyl (C=O) groups is 2. The van der Waals surface area contributed by atoms with Crippen LogP contribution in [0.1, 0.15) is 63.1 Å². The monoisotopic (exact) mass is 372 g/mol. The summed E-state index contributed by atoms with van der Waals surface area (Å²) in [5.74, 6) is 1.72.